The van der Waals surface area contributed by atoms with Gasteiger partial charge >= 0.3 is 0 Å². The Kier molecular flexibility index (Phi) is 4.52. The number of rotatable bonds is 5. The zero-order valence-electron chi connectivity index (χ0n) is 18.4. The number of fused-ring (bicyclic) bond motifs is 1. The van der Waals surface area contributed by atoms with Crippen molar-refractivity contribution < 1.29 is 18.7 Å². The molecule has 2 aromatic heterocycles. The van der Waals surface area contributed by atoms with Crippen LogP contribution in [0.4, 0.5) is 4.39 Å². The molecule has 4 heterocycles. The van der Waals surface area contributed by atoms with E-state index in [1.54, 1.807) is 6.07 Å². The van der Waals surface area contributed by atoms with Gasteiger partial charge in [-0.1, -0.05) is 0 Å². The Morgan fingerprint density at radius 2 is 2.06 bits per heavy atom. The van der Waals surface area contributed by atoms with Crippen molar-refractivity contribution >= 4 is 11.8 Å². The third kappa shape index (κ3) is 3.14. The number of hydrogen-bond acceptors (Lipinski definition) is 6. The third-order valence-electron chi connectivity index (χ3n) is 8.34. The van der Waals surface area contributed by atoms with Crippen LogP contribution < -0.4 is 15.8 Å². The van der Waals surface area contributed by atoms with Crippen LogP contribution >= 0.6 is 0 Å². The van der Waals surface area contributed by atoms with Crippen LogP contribution in [0.1, 0.15) is 29.8 Å². The van der Waals surface area contributed by atoms with Gasteiger partial charge in [0.15, 0.2) is 11.5 Å². The van der Waals surface area contributed by atoms with E-state index in [1.165, 1.54) is 13.2 Å². The molecule has 4 N–H and O–H groups in total. The second-order valence-corrected chi connectivity index (χ2v) is 9.90. The fourth-order valence-corrected chi connectivity index (χ4v) is 6.56. The monoisotopic (exact) mass is 454 g/mol. The number of aromatic nitrogens is 3. The van der Waals surface area contributed by atoms with Crippen LogP contribution in [0.3, 0.4) is 0 Å². The molecule has 2 aliphatic heterocycles. The van der Waals surface area contributed by atoms with Gasteiger partial charge in [-0.25, -0.2) is 9.37 Å². The molecule has 10 heteroatoms. The molecule has 2 aromatic rings. The highest BCUT2D eigenvalue weighted by molar-refractivity contribution is 5.94. The van der Waals surface area contributed by atoms with Crippen molar-refractivity contribution in [3.8, 4) is 17.1 Å². The van der Waals surface area contributed by atoms with Crippen LogP contribution in [0.5, 0.6) is 5.88 Å². The number of nitrogens with one attached hydrogen (secondary N) is 2. The Morgan fingerprint density at radius 3 is 2.79 bits per heavy atom. The minimum Gasteiger partial charge on any atom is -0.481 e. The number of primary amides is 1. The number of carbonyl (C=O) groups is 2. The molecule has 9 nitrogen and oxygen atoms in total. The molecule has 2 saturated heterocycles. The summed E-state index contributed by atoms with van der Waals surface area (Å²) in [4.78, 5) is 31.4. The van der Waals surface area contributed by atoms with E-state index in [0.29, 0.717) is 48.8 Å². The number of amides is 2. The lowest BCUT2D eigenvalue weighted by Crippen LogP contribution is -2.51. The molecule has 174 valence electrons. The van der Waals surface area contributed by atoms with Gasteiger partial charge in [0, 0.05) is 29.6 Å². The number of piperidine rings is 2. The molecule has 6 rings (SSSR count). The molecule has 0 radical (unpaired) electrons. The van der Waals surface area contributed by atoms with Gasteiger partial charge in [-0.05, 0) is 62.1 Å². The highest BCUT2D eigenvalue weighted by Gasteiger charge is 2.72. The Bertz CT molecular complexity index is 1130. The molecule has 5 atom stereocenters. The van der Waals surface area contributed by atoms with Gasteiger partial charge in [-0.15, -0.1) is 0 Å². The lowest BCUT2D eigenvalue weighted by Gasteiger charge is -2.40. The molecule has 2 saturated carbocycles. The van der Waals surface area contributed by atoms with Crippen molar-refractivity contribution in [2.24, 2.45) is 35.3 Å². The van der Waals surface area contributed by atoms with Gasteiger partial charge in [0.2, 0.25) is 11.8 Å². The first-order valence-corrected chi connectivity index (χ1v) is 11.5. The molecule has 33 heavy (non-hydrogen) atoms. The van der Waals surface area contributed by atoms with E-state index >= 15 is 0 Å². The van der Waals surface area contributed by atoms with E-state index < -0.39 is 5.82 Å². The summed E-state index contributed by atoms with van der Waals surface area (Å²) in [7, 11) is 1.46. The van der Waals surface area contributed by atoms with E-state index in [1.807, 2.05) is 4.90 Å². The summed E-state index contributed by atoms with van der Waals surface area (Å²) in [5.41, 5.74) is 6.19. The number of methoxy groups -OCH3 is 1. The zero-order chi connectivity index (χ0) is 22.9. The average molecular weight is 455 g/mol. The predicted octanol–water partition coefficient (Wildman–Crippen LogP) is 1.18. The van der Waals surface area contributed by atoms with Crippen LogP contribution in [0.15, 0.2) is 18.3 Å². The second kappa shape index (κ2) is 7.24. The summed E-state index contributed by atoms with van der Waals surface area (Å²) >= 11 is 0. The van der Waals surface area contributed by atoms with Crippen molar-refractivity contribution in [1.82, 2.24) is 25.4 Å². The summed E-state index contributed by atoms with van der Waals surface area (Å²) in [6.07, 6.45) is 3.17. The maximum Gasteiger partial charge on any atom is 0.274 e. The van der Waals surface area contributed by atoms with Crippen molar-refractivity contribution in [3.63, 3.8) is 0 Å². The summed E-state index contributed by atoms with van der Waals surface area (Å²) < 4.78 is 19.4. The van der Waals surface area contributed by atoms with Gasteiger partial charge < -0.3 is 20.7 Å². The predicted molar refractivity (Wildman–Crippen MR) is 115 cm³/mol. The highest BCUT2D eigenvalue weighted by atomic mass is 19.1. The Hall–Kier alpha value is -3.01. The Morgan fingerprint density at radius 1 is 1.27 bits per heavy atom. The molecular weight excluding hydrogens is 427 g/mol. The normalized spacial score (nSPS) is 34.2. The number of carbonyl (C=O) groups excluding carboxylic acids is 2. The van der Waals surface area contributed by atoms with Gasteiger partial charge in [0.25, 0.3) is 5.91 Å². The number of nitrogens with zero attached hydrogens (tertiary/aromatic N) is 3. The topological polar surface area (TPSA) is 126 Å². The largest absolute Gasteiger partial charge is 0.481 e. The lowest BCUT2D eigenvalue weighted by atomic mass is 9.85. The van der Waals surface area contributed by atoms with Crippen LogP contribution in [0.25, 0.3) is 11.3 Å². The second-order valence-electron chi connectivity index (χ2n) is 9.90. The van der Waals surface area contributed by atoms with Crippen molar-refractivity contribution in [2.45, 2.75) is 24.8 Å². The summed E-state index contributed by atoms with van der Waals surface area (Å²) in [5.74, 6) is 1.44. The molecule has 1 spiro atoms. The first-order chi connectivity index (χ1) is 15.9. The smallest absolute Gasteiger partial charge is 0.274 e. The Labute approximate surface area is 190 Å². The SMILES string of the molecule is COc1cc(-c2cc(C(=O)N3CCC(C(N)=O)CC34CC4C3C4CNCC43)n[nH]2)c(F)cn1. The van der Waals surface area contributed by atoms with Gasteiger partial charge in [-0.2, -0.15) is 5.10 Å². The van der Waals surface area contributed by atoms with Crippen LogP contribution in [-0.2, 0) is 4.79 Å². The van der Waals surface area contributed by atoms with Gasteiger partial charge in [0.05, 0.1) is 19.0 Å². The average Bonchev–Trinajstić information content (AvgIpc) is 3.48. The number of likely N-dealkylation sites (tertiary alicyclic amines) is 1. The first kappa shape index (κ1) is 20.6. The molecule has 5 unspecified atom stereocenters. The van der Waals surface area contributed by atoms with Crippen LogP contribution in [0, 0.1) is 35.4 Å². The van der Waals surface area contributed by atoms with E-state index in [9.17, 15) is 14.0 Å². The Balaban J connectivity index is 1.27. The van der Waals surface area contributed by atoms with Crippen molar-refractivity contribution in [3.05, 3.63) is 29.8 Å². The van der Waals surface area contributed by atoms with Gasteiger partial charge in [-0.3, -0.25) is 14.7 Å². The number of halogens is 1. The maximum atomic E-state index is 14.4. The number of H-pyrrole nitrogens is 1. The molecule has 0 aromatic carbocycles. The summed E-state index contributed by atoms with van der Waals surface area (Å²) in [6.45, 7) is 2.56. The molecule has 0 bridgehead atoms. The van der Waals surface area contributed by atoms with Crippen molar-refractivity contribution in [2.75, 3.05) is 26.7 Å². The lowest BCUT2D eigenvalue weighted by molar-refractivity contribution is -0.124. The number of aromatic amines is 1. The molecule has 4 fully saturated rings. The van der Waals surface area contributed by atoms with E-state index in [-0.39, 0.29) is 40.4 Å². The third-order valence-corrected chi connectivity index (χ3v) is 8.34. The fraction of sp³-hybridized carbons (Fsp3) is 0.565. The van der Waals surface area contributed by atoms with Crippen LogP contribution in [-0.4, -0.2) is 64.2 Å². The molecule has 2 amide bonds. The van der Waals surface area contributed by atoms with Crippen molar-refractivity contribution in [1.29, 1.82) is 0 Å². The standard InChI is InChI=1S/C23H27FN6O3/c1-33-19-4-12(16(24)10-27-19)17-5-18(29-28-17)22(32)30-3-2-11(21(25)31)6-23(30)7-15(23)20-13-8-26-9-14(13)20/h4-5,10-11,13-15,20,26H,2-3,6-9H2,1H3,(H2,25,31)(H,28,29). The first-order valence-electron chi connectivity index (χ1n) is 11.5. The minimum atomic E-state index is -0.534. The van der Waals surface area contributed by atoms with E-state index in [0.717, 1.165) is 25.7 Å². The van der Waals surface area contributed by atoms with E-state index in [2.05, 4.69) is 20.5 Å². The zero-order valence-corrected chi connectivity index (χ0v) is 18.4. The summed E-state index contributed by atoms with van der Waals surface area (Å²) in [5, 5.41) is 10.4. The number of hydrogen-bond donors (Lipinski definition) is 3. The molecule has 4 aliphatic rings. The highest BCUT2D eigenvalue weighted by Crippen LogP contribution is 2.68. The maximum absolute atomic E-state index is 14.4. The number of nitrogens with two attached hydrogens (primary N) is 1. The fourth-order valence-electron chi connectivity index (χ4n) is 6.56. The number of ether oxygens (including phenoxy) is 1. The quantitative estimate of drug-likeness (QED) is 0.623. The van der Waals surface area contributed by atoms with Gasteiger partial charge in [0.1, 0.15) is 0 Å². The van der Waals surface area contributed by atoms with Crippen LogP contribution in [0.2, 0.25) is 0 Å². The minimum absolute atomic E-state index is 0.187. The molecule has 2 aliphatic carbocycles. The summed E-state index contributed by atoms with van der Waals surface area (Å²) in [6, 6.07) is 3.04. The molecular formula is C23H27FN6O3. The number of pyridine rings is 1. The van der Waals surface area contributed by atoms with E-state index in [4.69, 9.17) is 10.5 Å².